The lowest BCUT2D eigenvalue weighted by Gasteiger charge is -2.06. The summed E-state index contributed by atoms with van der Waals surface area (Å²) in [6.07, 6.45) is 0. The second kappa shape index (κ2) is 5.21. The van der Waals surface area contributed by atoms with Crippen LogP contribution in [0.5, 0.6) is 0 Å². The first-order chi connectivity index (χ1) is 7.65. The van der Waals surface area contributed by atoms with Gasteiger partial charge in [0.05, 0.1) is 4.34 Å². The Morgan fingerprint density at radius 3 is 2.75 bits per heavy atom. The van der Waals surface area contributed by atoms with Gasteiger partial charge in [0.15, 0.2) is 0 Å². The Labute approximate surface area is 113 Å². The Morgan fingerprint density at radius 2 is 2.12 bits per heavy atom. The van der Waals surface area contributed by atoms with E-state index < -0.39 is 0 Å². The van der Waals surface area contributed by atoms with Crippen molar-refractivity contribution in [3.05, 3.63) is 49.6 Å². The SMILES string of the molecule is Cc1ccc(NCc2ccc(Cl)s2)cc1Br. The molecule has 0 saturated carbocycles. The quantitative estimate of drug-likeness (QED) is 0.832. The van der Waals surface area contributed by atoms with Crippen molar-refractivity contribution in [2.24, 2.45) is 0 Å². The van der Waals surface area contributed by atoms with Gasteiger partial charge in [0.2, 0.25) is 0 Å². The van der Waals surface area contributed by atoms with Gasteiger partial charge < -0.3 is 5.32 Å². The number of nitrogens with one attached hydrogen (secondary N) is 1. The average Bonchev–Trinajstić information content (AvgIpc) is 2.66. The Kier molecular flexibility index (Phi) is 3.90. The van der Waals surface area contributed by atoms with Crippen molar-refractivity contribution in [2.75, 3.05) is 5.32 Å². The largest absolute Gasteiger partial charge is 0.380 e. The van der Waals surface area contributed by atoms with Gasteiger partial charge in [-0.05, 0) is 36.8 Å². The molecule has 2 aromatic rings. The average molecular weight is 317 g/mol. The van der Waals surface area contributed by atoms with E-state index in [2.05, 4.69) is 46.4 Å². The van der Waals surface area contributed by atoms with E-state index in [1.54, 1.807) is 11.3 Å². The second-order valence-electron chi connectivity index (χ2n) is 3.52. The zero-order valence-electron chi connectivity index (χ0n) is 8.76. The molecule has 1 aromatic heterocycles. The van der Waals surface area contributed by atoms with Crippen LogP contribution in [0.1, 0.15) is 10.4 Å². The normalized spacial score (nSPS) is 10.4. The van der Waals surface area contributed by atoms with E-state index in [0.29, 0.717) is 0 Å². The third-order valence-corrected chi connectivity index (χ3v) is 4.35. The van der Waals surface area contributed by atoms with E-state index in [4.69, 9.17) is 11.6 Å². The predicted octanol–water partition coefficient (Wildman–Crippen LogP) is 5.08. The van der Waals surface area contributed by atoms with Crippen molar-refractivity contribution in [1.82, 2.24) is 0 Å². The maximum atomic E-state index is 5.87. The highest BCUT2D eigenvalue weighted by molar-refractivity contribution is 9.10. The lowest BCUT2D eigenvalue weighted by atomic mass is 10.2. The molecular formula is C12H11BrClNS. The van der Waals surface area contributed by atoms with Gasteiger partial charge in [0, 0.05) is 21.6 Å². The molecular weight excluding hydrogens is 306 g/mol. The highest BCUT2D eigenvalue weighted by atomic mass is 79.9. The van der Waals surface area contributed by atoms with Crippen molar-refractivity contribution in [1.29, 1.82) is 0 Å². The van der Waals surface area contributed by atoms with Crippen molar-refractivity contribution in [2.45, 2.75) is 13.5 Å². The van der Waals surface area contributed by atoms with Crippen LogP contribution in [-0.4, -0.2) is 0 Å². The maximum Gasteiger partial charge on any atom is 0.0931 e. The number of aryl methyl sites for hydroxylation is 1. The second-order valence-corrected chi connectivity index (χ2v) is 6.18. The summed E-state index contributed by atoms with van der Waals surface area (Å²) in [7, 11) is 0. The number of hydrogen-bond acceptors (Lipinski definition) is 2. The van der Waals surface area contributed by atoms with E-state index in [-0.39, 0.29) is 0 Å². The molecule has 1 heterocycles. The third kappa shape index (κ3) is 3.00. The van der Waals surface area contributed by atoms with Crippen LogP contribution in [-0.2, 0) is 6.54 Å². The summed E-state index contributed by atoms with van der Waals surface area (Å²) in [5.74, 6) is 0. The molecule has 0 aliphatic carbocycles. The van der Waals surface area contributed by atoms with Crippen LogP contribution in [0.15, 0.2) is 34.8 Å². The Morgan fingerprint density at radius 1 is 1.31 bits per heavy atom. The fourth-order valence-corrected chi connectivity index (χ4v) is 2.74. The van der Waals surface area contributed by atoms with Gasteiger partial charge >= 0.3 is 0 Å². The molecule has 0 aliphatic rings. The minimum absolute atomic E-state index is 0.812. The van der Waals surface area contributed by atoms with Crippen LogP contribution in [0.3, 0.4) is 0 Å². The van der Waals surface area contributed by atoms with Gasteiger partial charge in [-0.25, -0.2) is 0 Å². The monoisotopic (exact) mass is 315 g/mol. The van der Waals surface area contributed by atoms with Crippen LogP contribution in [0.25, 0.3) is 0 Å². The van der Waals surface area contributed by atoms with Gasteiger partial charge in [-0.15, -0.1) is 11.3 Å². The molecule has 0 saturated heterocycles. The summed E-state index contributed by atoms with van der Waals surface area (Å²) in [5, 5.41) is 3.36. The Balaban J connectivity index is 2.02. The first-order valence-electron chi connectivity index (χ1n) is 4.89. The summed E-state index contributed by atoms with van der Waals surface area (Å²) in [5.41, 5.74) is 2.35. The standard InChI is InChI=1S/C12H11BrClNS/c1-8-2-3-9(6-11(8)13)15-7-10-4-5-12(14)16-10/h2-6,15H,7H2,1H3. The van der Waals surface area contributed by atoms with Crippen LogP contribution < -0.4 is 5.32 Å². The van der Waals surface area contributed by atoms with Crippen LogP contribution in [0.4, 0.5) is 5.69 Å². The van der Waals surface area contributed by atoms with Crippen molar-refractivity contribution in [3.8, 4) is 0 Å². The molecule has 0 unspecified atom stereocenters. The molecule has 1 N–H and O–H groups in total. The molecule has 0 amide bonds. The molecule has 0 bridgehead atoms. The summed E-state index contributed by atoms with van der Waals surface area (Å²) in [6, 6.07) is 10.2. The molecule has 0 atom stereocenters. The minimum Gasteiger partial charge on any atom is -0.380 e. The molecule has 4 heteroatoms. The maximum absolute atomic E-state index is 5.87. The lowest BCUT2D eigenvalue weighted by Crippen LogP contribution is -1.97. The lowest BCUT2D eigenvalue weighted by molar-refractivity contribution is 1.19. The topological polar surface area (TPSA) is 12.0 Å². The molecule has 1 nitrogen and oxygen atoms in total. The van der Waals surface area contributed by atoms with Crippen molar-refractivity contribution >= 4 is 44.6 Å². The van der Waals surface area contributed by atoms with Gasteiger partial charge in [-0.3, -0.25) is 0 Å². The van der Waals surface area contributed by atoms with Gasteiger partial charge in [0.25, 0.3) is 0 Å². The van der Waals surface area contributed by atoms with Gasteiger partial charge in [-0.2, -0.15) is 0 Å². The summed E-state index contributed by atoms with van der Waals surface area (Å²) >= 11 is 11.0. The fourth-order valence-electron chi connectivity index (χ4n) is 1.34. The number of halogens is 2. The fraction of sp³-hybridized carbons (Fsp3) is 0.167. The third-order valence-electron chi connectivity index (χ3n) is 2.27. The first-order valence-corrected chi connectivity index (χ1v) is 6.88. The number of hydrogen-bond donors (Lipinski definition) is 1. The molecule has 0 aliphatic heterocycles. The van der Waals surface area contributed by atoms with Gasteiger partial charge in [-0.1, -0.05) is 33.6 Å². The highest BCUT2D eigenvalue weighted by Crippen LogP contribution is 2.24. The number of rotatable bonds is 3. The molecule has 0 fully saturated rings. The van der Waals surface area contributed by atoms with Crippen LogP contribution >= 0.6 is 38.9 Å². The first kappa shape index (κ1) is 12.0. The Hall–Kier alpha value is -0.510. The zero-order valence-corrected chi connectivity index (χ0v) is 11.9. The smallest absolute Gasteiger partial charge is 0.0931 e. The minimum atomic E-state index is 0.812. The number of anilines is 1. The van der Waals surface area contributed by atoms with Crippen molar-refractivity contribution < 1.29 is 0 Å². The highest BCUT2D eigenvalue weighted by Gasteiger charge is 1.99. The van der Waals surface area contributed by atoms with Crippen LogP contribution in [0, 0.1) is 6.92 Å². The summed E-state index contributed by atoms with van der Waals surface area (Å²) < 4.78 is 1.96. The van der Waals surface area contributed by atoms with Gasteiger partial charge in [0.1, 0.15) is 0 Å². The van der Waals surface area contributed by atoms with E-state index in [0.717, 1.165) is 21.0 Å². The van der Waals surface area contributed by atoms with E-state index >= 15 is 0 Å². The van der Waals surface area contributed by atoms with E-state index in [1.165, 1.54) is 10.4 Å². The zero-order chi connectivity index (χ0) is 11.5. The van der Waals surface area contributed by atoms with Crippen LogP contribution in [0.2, 0.25) is 4.34 Å². The summed E-state index contributed by atoms with van der Waals surface area (Å²) in [6.45, 7) is 2.89. The number of benzene rings is 1. The Bertz CT molecular complexity index is 496. The molecule has 0 radical (unpaired) electrons. The van der Waals surface area contributed by atoms with E-state index in [9.17, 15) is 0 Å². The molecule has 1 aromatic carbocycles. The van der Waals surface area contributed by atoms with Crippen molar-refractivity contribution in [3.63, 3.8) is 0 Å². The molecule has 84 valence electrons. The van der Waals surface area contributed by atoms with E-state index in [1.807, 2.05) is 12.1 Å². The number of thiophene rings is 1. The molecule has 2 rings (SSSR count). The molecule has 16 heavy (non-hydrogen) atoms. The molecule has 0 spiro atoms. The predicted molar refractivity (Wildman–Crippen MR) is 75.5 cm³/mol. The summed E-state index contributed by atoms with van der Waals surface area (Å²) in [4.78, 5) is 1.24.